The number of aromatic nitrogens is 2. The minimum absolute atomic E-state index is 0.214. The molecule has 20 heavy (non-hydrogen) atoms. The first-order valence-electron chi connectivity index (χ1n) is 7.19. The van der Waals surface area contributed by atoms with Gasteiger partial charge in [0.2, 0.25) is 11.8 Å². The van der Waals surface area contributed by atoms with Gasteiger partial charge in [0.05, 0.1) is 12.2 Å². The van der Waals surface area contributed by atoms with Crippen LogP contribution in [0.3, 0.4) is 0 Å². The topological polar surface area (TPSA) is 76.0 Å². The van der Waals surface area contributed by atoms with Gasteiger partial charge in [-0.1, -0.05) is 19.3 Å². The standard InChI is InChI=1S/C14H22N4O2/c1-10(16-11(2)19)14(20)17-13-8-9-15-18(13)12-6-4-3-5-7-12/h8-10,12H,3-7H2,1-2H3,(H,16,19)(H,17,20). The SMILES string of the molecule is CC(=O)NC(C)C(=O)Nc1ccnn1C1CCCCC1. The molecule has 0 spiro atoms. The molecule has 0 aliphatic heterocycles. The number of anilines is 1. The molecule has 110 valence electrons. The summed E-state index contributed by atoms with van der Waals surface area (Å²) in [4.78, 5) is 23.0. The van der Waals surface area contributed by atoms with E-state index in [0.717, 1.165) is 12.8 Å². The third-order valence-corrected chi connectivity index (χ3v) is 3.66. The molecule has 0 radical (unpaired) electrons. The second kappa shape index (κ2) is 6.54. The molecule has 1 aliphatic rings. The van der Waals surface area contributed by atoms with E-state index in [0.29, 0.717) is 11.9 Å². The van der Waals surface area contributed by atoms with Crippen molar-refractivity contribution < 1.29 is 9.59 Å². The molecule has 6 heteroatoms. The smallest absolute Gasteiger partial charge is 0.247 e. The van der Waals surface area contributed by atoms with Crippen molar-refractivity contribution in [3.8, 4) is 0 Å². The Morgan fingerprint density at radius 2 is 2.05 bits per heavy atom. The van der Waals surface area contributed by atoms with E-state index in [1.165, 1.54) is 26.2 Å². The second-order valence-corrected chi connectivity index (χ2v) is 5.36. The van der Waals surface area contributed by atoms with E-state index in [1.807, 2.05) is 4.68 Å². The zero-order valence-corrected chi connectivity index (χ0v) is 12.1. The van der Waals surface area contributed by atoms with E-state index in [-0.39, 0.29) is 11.8 Å². The van der Waals surface area contributed by atoms with Gasteiger partial charge in [-0.05, 0) is 19.8 Å². The van der Waals surface area contributed by atoms with Crippen molar-refractivity contribution >= 4 is 17.6 Å². The third kappa shape index (κ3) is 3.59. The minimum Gasteiger partial charge on any atom is -0.345 e. The van der Waals surface area contributed by atoms with Crippen LogP contribution in [-0.2, 0) is 9.59 Å². The summed E-state index contributed by atoms with van der Waals surface area (Å²) in [5, 5.41) is 9.74. The minimum atomic E-state index is -0.554. The maximum atomic E-state index is 12.0. The molecule has 1 unspecified atom stereocenters. The molecule has 1 aromatic heterocycles. The Balaban J connectivity index is 2.01. The summed E-state index contributed by atoms with van der Waals surface area (Å²) in [6, 6.07) is 1.61. The van der Waals surface area contributed by atoms with Gasteiger partial charge in [0.15, 0.2) is 0 Å². The maximum Gasteiger partial charge on any atom is 0.247 e. The van der Waals surface area contributed by atoms with Crippen LogP contribution in [-0.4, -0.2) is 27.6 Å². The van der Waals surface area contributed by atoms with Crippen molar-refractivity contribution in [3.05, 3.63) is 12.3 Å². The van der Waals surface area contributed by atoms with Gasteiger partial charge in [-0.3, -0.25) is 9.59 Å². The summed E-state index contributed by atoms with van der Waals surface area (Å²) < 4.78 is 1.90. The molecule has 0 saturated heterocycles. The Morgan fingerprint density at radius 3 is 2.70 bits per heavy atom. The Bertz CT molecular complexity index is 477. The van der Waals surface area contributed by atoms with Crippen LogP contribution >= 0.6 is 0 Å². The van der Waals surface area contributed by atoms with Crippen LogP contribution in [0.5, 0.6) is 0 Å². The summed E-state index contributed by atoms with van der Waals surface area (Å²) in [7, 11) is 0. The second-order valence-electron chi connectivity index (χ2n) is 5.36. The van der Waals surface area contributed by atoms with Gasteiger partial charge in [-0.15, -0.1) is 0 Å². The molecule has 1 saturated carbocycles. The van der Waals surface area contributed by atoms with Crippen molar-refractivity contribution in [1.29, 1.82) is 0 Å². The monoisotopic (exact) mass is 278 g/mol. The highest BCUT2D eigenvalue weighted by Crippen LogP contribution is 2.29. The predicted molar refractivity (Wildman–Crippen MR) is 76.3 cm³/mol. The summed E-state index contributed by atoms with van der Waals surface area (Å²) in [6.45, 7) is 3.06. The number of rotatable bonds is 4. The number of carbonyl (C=O) groups excluding carboxylic acids is 2. The Morgan fingerprint density at radius 1 is 1.35 bits per heavy atom. The van der Waals surface area contributed by atoms with Gasteiger partial charge in [-0.2, -0.15) is 5.10 Å². The third-order valence-electron chi connectivity index (χ3n) is 3.66. The number of hydrogen-bond acceptors (Lipinski definition) is 3. The van der Waals surface area contributed by atoms with Crippen molar-refractivity contribution in [1.82, 2.24) is 15.1 Å². The summed E-state index contributed by atoms with van der Waals surface area (Å²) in [5.74, 6) is 0.269. The van der Waals surface area contributed by atoms with Crippen LogP contribution in [0.1, 0.15) is 52.0 Å². The van der Waals surface area contributed by atoms with Gasteiger partial charge in [0.1, 0.15) is 11.9 Å². The lowest BCUT2D eigenvalue weighted by atomic mass is 9.96. The normalized spacial score (nSPS) is 17.5. The fourth-order valence-electron chi connectivity index (χ4n) is 2.63. The summed E-state index contributed by atoms with van der Waals surface area (Å²) in [6.07, 6.45) is 7.60. The zero-order chi connectivity index (χ0) is 14.5. The van der Waals surface area contributed by atoms with E-state index in [1.54, 1.807) is 19.2 Å². The van der Waals surface area contributed by atoms with E-state index >= 15 is 0 Å². The van der Waals surface area contributed by atoms with Crippen LogP contribution in [0.15, 0.2) is 12.3 Å². The Labute approximate surface area is 118 Å². The molecule has 0 bridgehead atoms. The molecule has 1 atom stereocenters. The molecule has 1 heterocycles. The van der Waals surface area contributed by atoms with Crippen LogP contribution in [0.25, 0.3) is 0 Å². The molecular formula is C14H22N4O2. The van der Waals surface area contributed by atoms with Gasteiger partial charge in [0, 0.05) is 13.0 Å². The van der Waals surface area contributed by atoms with Crippen LogP contribution < -0.4 is 10.6 Å². The molecule has 2 amide bonds. The highest BCUT2D eigenvalue weighted by atomic mass is 16.2. The molecule has 1 fully saturated rings. The average molecular weight is 278 g/mol. The molecular weight excluding hydrogens is 256 g/mol. The van der Waals surface area contributed by atoms with Crippen LogP contribution in [0.4, 0.5) is 5.82 Å². The zero-order valence-electron chi connectivity index (χ0n) is 12.1. The molecule has 1 aliphatic carbocycles. The first kappa shape index (κ1) is 14.6. The van der Waals surface area contributed by atoms with E-state index < -0.39 is 6.04 Å². The van der Waals surface area contributed by atoms with E-state index in [2.05, 4.69) is 15.7 Å². The van der Waals surface area contributed by atoms with Crippen LogP contribution in [0.2, 0.25) is 0 Å². The first-order chi connectivity index (χ1) is 9.58. The highest BCUT2D eigenvalue weighted by molar-refractivity contribution is 5.96. The van der Waals surface area contributed by atoms with Gasteiger partial charge in [0.25, 0.3) is 0 Å². The molecule has 1 aromatic rings. The molecule has 2 N–H and O–H groups in total. The lowest BCUT2D eigenvalue weighted by Gasteiger charge is -2.24. The Hall–Kier alpha value is -1.85. The van der Waals surface area contributed by atoms with Crippen molar-refractivity contribution in [2.45, 2.75) is 58.0 Å². The highest BCUT2D eigenvalue weighted by Gasteiger charge is 2.20. The lowest BCUT2D eigenvalue weighted by molar-refractivity contribution is -0.124. The number of nitrogens with zero attached hydrogens (tertiary/aromatic N) is 2. The fraction of sp³-hybridized carbons (Fsp3) is 0.643. The number of carbonyl (C=O) groups is 2. The largest absolute Gasteiger partial charge is 0.345 e. The van der Waals surface area contributed by atoms with Gasteiger partial charge in [-0.25, -0.2) is 4.68 Å². The van der Waals surface area contributed by atoms with Gasteiger partial charge >= 0.3 is 0 Å². The summed E-state index contributed by atoms with van der Waals surface area (Å²) >= 11 is 0. The predicted octanol–water partition coefficient (Wildman–Crippen LogP) is 1.85. The lowest BCUT2D eigenvalue weighted by Crippen LogP contribution is -2.40. The van der Waals surface area contributed by atoms with Crippen molar-refractivity contribution in [2.75, 3.05) is 5.32 Å². The van der Waals surface area contributed by atoms with E-state index in [9.17, 15) is 9.59 Å². The van der Waals surface area contributed by atoms with Crippen molar-refractivity contribution in [2.24, 2.45) is 0 Å². The number of hydrogen-bond donors (Lipinski definition) is 2. The van der Waals surface area contributed by atoms with Gasteiger partial charge < -0.3 is 10.6 Å². The van der Waals surface area contributed by atoms with Crippen LogP contribution in [0, 0.1) is 0 Å². The first-order valence-corrected chi connectivity index (χ1v) is 7.19. The van der Waals surface area contributed by atoms with Crippen molar-refractivity contribution in [3.63, 3.8) is 0 Å². The molecule has 6 nitrogen and oxygen atoms in total. The Kier molecular flexibility index (Phi) is 4.76. The fourth-order valence-corrected chi connectivity index (χ4v) is 2.63. The quantitative estimate of drug-likeness (QED) is 0.882. The summed E-state index contributed by atoms with van der Waals surface area (Å²) in [5.41, 5.74) is 0. The molecule has 2 rings (SSSR count). The molecule has 0 aromatic carbocycles. The van der Waals surface area contributed by atoms with E-state index in [4.69, 9.17) is 0 Å². The average Bonchev–Trinajstić information content (AvgIpc) is 2.87. The maximum absolute atomic E-state index is 12.0. The number of nitrogens with one attached hydrogen (secondary N) is 2. The number of amides is 2.